The molecule has 4 rings (SSSR count). The summed E-state index contributed by atoms with van der Waals surface area (Å²) in [7, 11) is 4.66. The van der Waals surface area contributed by atoms with Crippen molar-refractivity contribution in [2.45, 2.75) is 154 Å². The maximum Gasteiger partial charge on any atom is 0.329 e. The molecule has 1 N–H and O–H groups in total. The molecule has 13 heteroatoms. The van der Waals surface area contributed by atoms with E-state index in [1.165, 1.54) is 26.0 Å². The van der Waals surface area contributed by atoms with Gasteiger partial charge in [-0.1, -0.05) is 50.6 Å². The third kappa shape index (κ3) is 12.1. The van der Waals surface area contributed by atoms with E-state index in [0.717, 1.165) is 11.1 Å². The number of piperidine rings is 1. The number of ether oxygens (including phenoxy) is 6. The smallest absolute Gasteiger partial charge is 0.329 e. The van der Waals surface area contributed by atoms with Crippen LogP contribution in [-0.4, -0.2) is 116 Å². The summed E-state index contributed by atoms with van der Waals surface area (Å²) in [5.41, 5.74) is 1.74. The zero-order chi connectivity index (χ0) is 43.6. The lowest BCUT2D eigenvalue weighted by molar-refractivity contribution is -0.302. The maximum absolute atomic E-state index is 14.3. The number of amides is 1. The van der Waals surface area contributed by atoms with Crippen LogP contribution < -0.4 is 0 Å². The first kappa shape index (κ1) is 48.2. The highest BCUT2D eigenvalue weighted by atomic mass is 16.7. The largest absolute Gasteiger partial charge is 0.460 e. The van der Waals surface area contributed by atoms with Crippen LogP contribution in [0.5, 0.6) is 0 Å². The van der Waals surface area contributed by atoms with Gasteiger partial charge >= 0.3 is 11.9 Å². The summed E-state index contributed by atoms with van der Waals surface area (Å²) in [6.07, 6.45) is 10.6. The van der Waals surface area contributed by atoms with E-state index in [1.54, 1.807) is 32.3 Å². The van der Waals surface area contributed by atoms with Gasteiger partial charge in [0.25, 0.3) is 11.7 Å². The molecule has 1 amide bonds. The fraction of sp³-hybridized carbons (Fsp3) is 0.717. The number of carbonyl (C=O) groups excluding carboxylic acids is 5. The molecule has 3 heterocycles. The Morgan fingerprint density at radius 1 is 0.949 bits per heavy atom. The van der Waals surface area contributed by atoms with Crippen molar-refractivity contribution in [3.63, 3.8) is 0 Å². The van der Waals surface area contributed by atoms with Gasteiger partial charge in [0, 0.05) is 52.6 Å². The minimum absolute atomic E-state index is 0.0173. The second-order valence-electron chi connectivity index (χ2n) is 17.4. The van der Waals surface area contributed by atoms with Crippen LogP contribution in [0.15, 0.2) is 48.1 Å². The fourth-order valence-electron chi connectivity index (χ4n) is 9.46. The van der Waals surface area contributed by atoms with Crippen LogP contribution in [0.25, 0.3) is 0 Å². The van der Waals surface area contributed by atoms with Gasteiger partial charge in [-0.15, -0.1) is 6.58 Å². The third-order valence-electron chi connectivity index (χ3n) is 12.7. The van der Waals surface area contributed by atoms with Crippen LogP contribution in [0.1, 0.15) is 106 Å². The van der Waals surface area contributed by atoms with Crippen LogP contribution in [0.4, 0.5) is 0 Å². The van der Waals surface area contributed by atoms with Crippen molar-refractivity contribution in [3.05, 3.63) is 48.1 Å². The normalized spacial score (nSPS) is 38.0. The molecule has 330 valence electrons. The molecular formula is C46H69NO12. The van der Waals surface area contributed by atoms with E-state index < -0.39 is 71.7 Å². The Hall–Kier alpha value is -3.49. The van der Waals surface area contributed by atoms with Gasteiger partial charge in [-0.25, -0.2) is 4.79 Å². The van der Waals surface area contributed by atoms with Gasteiger partial charge in [0.15, 0.2) is 5.78 Å². The average Bonchev–Trinajstić information content (AvgIpc) is 3.20. The number of ketones is 2. The molecule has 13 unspecified atom stereocenters. The maximum atomic E-state index is 14.3. The van der Waals surface area contributed by atoms with Crippen molar-refractivity contribution in [1.29, 1.82) is 0 Å². The number of methoxy groups -OCH3 is 3. The summed E-state index contributed by atoms with van der Waals surface area (Å²) in [4.78, 5) is 69.6. The van der Waals surface area contributed by atoms with E-state index in [1.807, 2.05) is 26.8 Å². The molecule has 2 bridgehead atoms. The highest BCUT2D eigenvalue weighted by molar-refractivity contribution is 6.39. The number of rotatable bonds is 8. The van der Waals surface area contributed by atoms with Gasteiger partial charge in [0.1, 0.15) is 24.4 Å². The molecule has 1 aliphatic carbocycles. The molecule has 13 atom stereocenters. The van der Waals surface area contributed by atoms with E-state index in [0.29, 0.717) is 51.4 Å². The monoisotopic (exact) mass is 827 g/mol. The number of esters is 2. The number of hydrogen-bond acceptors (Lipinski definition) is 12. The molecule has 1 saturated carbocycles. The molecule has 0 radical (unpaired) electrons. The van der Waals surface area contributed by atoms with Crippen LogP contribution in [0, 0.1) is 29.6 Å². The summed E-state index contributed by atoms with van der Waals surface area (Å²) < 4.78 is 35.6. The van der Waals surface area contributed by atoms with Crippen molar-refractivity contribution in [2.75, 3.05) is 27.9 Å². The molecule has 59 heavy (non-hydrogen) atoms. The van der Waals surface area contributed by atoms with Crippen molar-refractivity contribution < 1.29 is 57.5 Å². The number of cyclic esters (lactones) is 1. The predicted molar refractivity (Wildman–Crippen MR) is 221 cm³/mol. The standard InChI is InChI=1S/C46H69NO12/c1-11-14-34-22-27(2)21-28(3)23-39(55-9)42-40(56-10)25-31(6)46(53,59-42)43(50)44(51)47-20-13-12-15-35(47)45(52)58-41(29(4)16-18-36(34)49)30(5)24-33-17-19-37(57-32(7)48)38(26-33)54-8/h11,16,18,22,24,28-29,31,33-35,37-42,53H,1,12-15,17,19-21,23,25-26H2,2-10H3/b18-16-,27-22?,30-24?. The lowest BCUT2D eigenvalue weighted by Gasteiger charge is -2.47. The second kappa shape index (κ2) is 21.9. The topological polar surface area (TPSA) is 164 Å². The number of Topliss-reactive ketones (excluding diaryl/α,β-unsaturated/α-hetero) is 1. The molecular weight excluding hydrogens is 759 g/mol. The SMILES string of the molecule is C=CCC1C=C(C)CC(C)CC(OC)C2OC(O)(C(=O)C(=O)N3CCCCC3C(=O)OC(C(C)=CC3CCC(OC(C)=O)C(OC)C3)C(C)/C=C\C1=O)C(C)CC2OC. The Morgan fingerprint density at radius 3 is 2.27 bits per heavy atom. The van der Waals surface area contributed by atoms with E-state index in [4.69, 9.17) is 28.4 Å². The lowest BCUT2D eigenvalue weighted by Crippen LogP contribution is -2.64. The summed E-state index contributed by atoms with van der Waals surface area (Å²) in [5, 5.41) is 12.1. The number of fused-ring (bicyclic) bond motifs is 3. The van der Waals surface area contributed by atoms with Crippen LogP contribution in [0.2, 0.25) is 0 Å². The van der Waals surface area contributed by atoms with Gasteiger partial charge < -0.3 is 38.4 Å². The molecule has 2 saturated heterocycles. The zero-order valence-electron chi connectivity index (χ0n) is 36.7. The Labute approximate surface area is 350 Å². The summed E-state index contributed by atoms with van der Waals surface area (Å²) in [5.74, 6) is -7.52. The molecule has 0 aromatic rings. The van der Waals surface area contributed by atoms with Crippen molar-refractivity contribution >= 4 is 29.4 Å². The number of carbonyl (C=O) groups is 5. The summed E-state index contributed by atoms with van der Waals surface area (Å²) >= 11 is 0. The first-order chi connectivity index (χ1) is 28.0. The Morgan fingerprint density at radius 2 is 1.63 bits per heavy atom. The van der Waals surface area contributed by atoms with Crippen molar-refractivity contribution in [2.24, 2.45) is 29.6 Å². The molecule has 0 aromatic carbocycles. The van der Waals surface area contributed by atoms with E-state index >= 15 is 0 Å². The van der Waals surface area contributed by atoms with Crippen LogP contribution in [-0.2, 0) is 52.4 Å². The van der Waals surface area contributed by atoms with Gasteiger partial charge in [-0.05, 0) is 102 Å². The van der Waals surface area contributed by atoms with Gasteiger partial charge in [0.05, 0.1) is 18.3 Å². The minimum atomic E-state index is -2.49. The fourth-order valence-corrected chi connectivity index (χ4v) is 9.46. The third-order valence-corrected chi connectivity index (χ3v) is 12.7. The van der Waals surface area contributed by atoms with E-state index in [9.17, 15) is 29.1 Å². The van der Waals surface area contributed by atoms with Crippen LogP contribution >= 0.6 is 0 Å². The van der Waals surface area contributed by atoms with Crippen molar-refractivity contribution in [1.82, 2.24) is 4.90 Å². The van der Waals surface area contributed by atoms with Gasteiger partial charge in [-0.2, -0.15) is 0 Å². The molecule has 13 nitrogen and oxygen atoms in total. The van der Waals surface area contributed by atoms with Gasteiger partial charge in [-0.3, -0.25) is 19.2 Å². The number of nitrogens with zero attached hydrogens (tertiary/aromatic N) is 1. The van der Waals surface area contributed by atoms with Crippen molar-refractivity contribution in [3.8, 4) is 0 Å². The Balaban J connectivity index is 1.76. The van der Waals surface area contributed by atoms with Gasteiger partial charge in [0.2, 0.25) is 5.79 Å². The molecule has 4 aliphatic rings. The summed E-state index contributed by atoms with van der Waals surface area (Å²) in [6, 6.07) is -1.10. The predicted octanol–water partition coefficient (Wildman–Crippen LogP) is 6.02. The number of allylic oxidation sites excluding steroid dienone is 5. The summed E-state index contributed by atoms with van der Waals surface area (Å²) in [6.45, 7) is 14.8. The Bertz CT molecular complexity index is 1600. The molecule has 0 aromatic heterocycles. The molecule has 3 fully saturated rings. The minimum Gasteiger partial charge on any atom is -0.460 e. The Kier molecular flexibility index (Phi) is 17.8. The van der Waals surface area contributed by atoms with Crippen LogP contribution in [0.3, 0.4) is 0 Å². The number of aliphatic hydroxyl groups is 1. The quantitative estimate of drug-likeness (QED) is 0.172. The number of hydrogen-bond donors (Lipinski definition) is 1. The zero-order valence-corrected chi connectivity index (χ0v) is 36.7. The first-order valence-corrected chi connectivity index (χ1v) is 21.4. The lowest BCUT2D eigenvalue weighted by atomic mass is 9.82. The van der Waals surface area contributed by atoms with E-state index in [-0.39, 0.29) is 55.2 Å². The highest BCUT2D eigenvalue weighted by Gasteiger charge is 2.56. The molecule has 0 spiro atoms. The van der Waals surface area contributed by atoms with E-state index in [2.05, 4.69) is 19.6 Å². The molecule has 3 aliphatic heterocycles. The second-order valence-corrected chi connectivity index (χ2v) is 17.4. The highest BCUT2D eigenvalue weighted by Crippen LogP contribution is 2.39. The first-order valence-electron chi connectivity index (χ1n) is 21.4. The average molecular weight is 828 g/mol.